The summed E-state index contributed by atoms with van der Waals surface area (Å²) in [5.74, 6) is 0.171. The van der Waals surface area contributed by atoms with Crippen molar-refractivity contribution >= 4 is 29.1 Å². The fourth-order valence-electron chi connectivity index (χ4n) is 4.41. The van der Waals surface area contributed by atoms with Crippen LogP contribution in [0.25, 0.3) is 0 Å². The van der Waals surface area contributed by atoms with Gasteiger partial charge in [-0.15, -0.1) is 0 Å². The second kappa shape index (κ2) is 8.03. The van der Waals surface area contributed by atoms with Gasteiger partial charge in [0.05, 0.1) is 23.2 Å². The molecule has 32 heavy (non-hydrogen) atoms. The largest absolute Gasteiger partial charge is 0.378 e. The average molecular weight is 470 g/mol. The van der Waals surface area contributed by atoms with Gasteiger partial charge in [0.25, 0.3) is 11.5 Å². The summed E-state index contributed by atoms with van der Waals surface area (Å²) in [6.07, 6.45) is 0.868. The van der Waals surface area contributed by atoms with Crippen LogP contribution in [-0.4, -0.2) is 32.4 Å². The van der Waals surface area contributed by atoms with Crippen molar-refractivity contribution in [1.29, 1.82) is 0 Å². The maximum absolute atomic E-state index is 13.0. The lowest BCUT2D eigenvalue weighted by molar-refractivity contribution is -0.141. The Balaban J connectivity index is 1.41. The summed E-state index contributed by atoms with van der Waals surface area (Å²) in [6, 6.07) is 14.7. The zero-order valence-electron chi connectivity index (χ0n) is 17.1. The van der Waals surface area contributed by atoms with Crippen LogP contribution in [0.15, 0.2) is 53.3 Å². The van der Waals surface area contributed by atoms with Gasteiger partial charge in [0, 0.05) is 28.6 Å². The van der Waals surface area contributed by atoms with Gasteiger partial charge >= 0.3 is 0 Å². The van der Waals surface area contributed by atoms with Crippen LogP contribution in [0.2, 0.25) is 10.0 Å². The Kier molecular flexibility index (Phi) is 5.32. The first-order valence-corrected chi connectivity index (χ1v) is 11.2. The van der Waals surface area contributed by atoms with Crippen molar-refractivity contribution in [2.75, 3.05) is 6.54 Å². The Morgan fingerprint density at radius 1 is 1.16 bits per heavy atom. The van der Waals surface area contributed by atoms with Crippen molar-refractivity contribution in [2.24, 2.45) is 0 Å². The van der Waals surface area contributed by atoms with Gasteiger partial charge in [0.15, 0.2) is 6.10 Å². The monoisotopic (exact) mass is 469 g/mol. The van der Waals surface area contributed by atoms with E-state index in [1.807, 2.05) is 18.2 Å². The molecule has 0 radical (unpaired) electrons. The molecule has 0 bridgehead atoms. The molecule has 0 saturated heterocycles. The third kappa shape index (κ3) is 3.62. The number of aliphatic hydroxyl groups excluding tert-OH is 1. The molecule has 2 heterocycles. The van der Waals surface area contributed by atoms with Crippen LogP contribution in [0.1, 0.15) is 47.2 Å². The van der Waals surface area contributed by atoms with Gasteiger partial charge in [-0.2, -0.15) is 0 Å². The van der Waals surface area contributed by atoms with Gasteiger partial charge in [-0.25, -0.2) is 4.98 Å². The van der Waals surface area contributed by atoms with Crippen LogP contribution in [0.3, 0.4) is 0 Å². The third-order valence-electron chi connectivity index (χ3n) is 6.40. The molecule has 8 heteroatoms. The number of H-pyrrole nitrogens is 1. The fraction of sp³-hybridized carbons (Fsp3) is 0.292. The topological polar surface area (TPSA) is 86.3 Å². The summed E-state index contributed by atoms with van der Waals surface area (Å²) >= 11 is 12.1. The number of nitrogens with zero attached hydrogens (tertiary/aromatic N) is 2. The number of aliphatic hydroxyl groups is 1. The maximum Gasteiger partial charge on any atom is 0.256 e. The summed E-state index contributed by atoms with van der Waals surface area (Å²) in [6.45, 7) is 0.444. The van der Waals surface area contributed by atoms with Gasteiger partial charge in [0.1, 0.15) is 5.82 Å². The molecule has 1 fully saturated rings. The lowest BCUT2D eigenvalue weighted by Crippen LogP contribution is -2.42. The van der Waals surface area contributed by atoms with Crippen molar-refractivity contribution in [3.8, 4) is 0 Å². The molecule has 2 N–H and O–H groups in total. The van der Waals surface area contributed by atoms with Crippen LogP contribution >= 0.6 is 23.2 Å². The molecule has 1 saturated carbocycles. The number of halogens is 2. The van der Waals surface area contributed by atoms with Gasteiger partial charge in [-0.3, -0.25) is 9.59 Å². The Hall–Kier alpha value is -2.67. The van der Waals surface area contributed by atoms with E-state index >= 15 is 0 Å². The number of aromatic amines is 1. The Bertz CT molecular complexity index is 1260. The minimum atomic E-state index is -1.46. The average Bonchev–Trinajstić information content (AvgIpc) is 3.62. The number of hydrogen-bond donors (Lipinski definition) is 2. The lowest BCUT2D eigenvalue weighted by atomic mass is 9.94. The maximum atomic E-state index is 13.0. The van der Waals surface area contributed by atoms with Crippen LogP contribution in [0.4, 0.5) is 0 Å². The Labute approximate surface area is 194 Å². The third-order valence-corrected chi connectivity index (χ3v) is 6.98. The zero-order chi connectivity index (χ0) is 22.5. The van der Waals surface area contributed by atoms with Crippen molar-refractivity contribution in [3.05, 3.63) is 97.1 Å². The molecular weight excluding hydrogens is 449 g/mol. The molecule has 5 rings (SSSR count). The van der Waals surface area contributed by atoms with E-state index in [0.29, 0.717) is 35.1 Å². The second-order valence-electron chi connectivity index (χ2n) is 8.37. The van der Waals surface area contributed by atoms with E-state index in [4.69, 9.17) is 28.2 Å². The molecule has 1 unspecified atom stereocenters. The SMILES string of the molecule is O=C(C(O)c1cc(Cl)ccc1Cl)N1CCc2nc(C3(c4ccccc4)CC3)[nH]c(=O)c2C1. The normalized spacial score (nSPS) is 17.5. The summed E-state index contributed by atoms with van der Waals surface area (Å²) in [5, 5.41) is 11.2. The van der Waals surface area contributed by atoms with Crippen LogP contribution < -0.4 is 5.56 Å². The van der Waals surface area contributed by atoms with E-state index in [0.717, 1.165) is 18.4 Å². The van der Waals surface area contributed by atoms with Gasteiger partial charge in [0.2, 0.25) is 0 Å². The number of nitrogens with one attached hydrogen (secondary N) is 1. The summed E-state index contributed by atoms with van der Waals surface area (Å²) in [4.78, 5) is 35.2. The van der Waals surface area contributed by atoms with E-state index in [-0.39, 0.29) is 28.1 Å². The first kappa shape index (κ1) is 21.2. The molecule has 3 aromatic rings. The number of amides is 1. The Morgan fingerprint density at radius 2 is 1.91 bits per heavy atom. The fourth-order valence-corrected chi connectivity index (χ4v) is 4.82. The van der Waals surface area contributed by atoms with E-state index in [1.165, 1.54) is 17.0 Å². The molecule has 164 valence electrons. The second-order valence-corrected chi connectivity index (χ2v) is 9.21. The van der Waals surface area contributed by atoms with Gasteiger partial charge in [-0.1, -0.05) is 53.5 Å². The Morgan fingerprint density at radius 3 is 2.62 bits per heavy atom. The molecule has 6 nitrogen and oxygen atoms in total. The number of fused-ring (bicyclic) bond motifs is 1. The van der Waals surface area contributed by atoms with Gasteiger partial charge in [-0.05, 0) is 36.6 Å². The number of benzene rings is 2. The number of hydrogen-bond acceptors (Lipinski definition) is 4. The number of carbonyl (C=O) groups is 1. The molecule has 1 atom stereocenters. The van der Waals surface area contributed by atoms with E-state index < -0.39 is 12.0 Å². The molecule has 1 amide bonds. The number of carbonyl (C=O) groups excluding carboxylic acids is 1. The van der Waals surface area contributed by atoms with Crippen molar-refractivity contribution in [3.63, 3.8) is 0 Å². The number of aromatic nitrogens is 2. The zero-order valence-corrected chi connectivity index (χ0v) is 18.7. The van der Waals surface area contributed by atoms with Crippen LogP contribution in [0, 0.1) is 0 Å². The minimum absolute atomic E-state index is 0.0877. The molecular formula is C24H21Cl2N3O3. The van der Waals surface area contributed by atoms with E-state index in [9.17, 15) is 14.7 Å². The summed E-state index contributed by atoms with van der Waals surface area (Å²) in [7, 11) is 0. The van der Waals surface area contributed by atoms with Gasteiger partial charge < -0.3 is 15.0 Å². The molecule has 1 aliphatic heterocycles. The predicted molar refractivity (Wildman–Crippen MR) is 122 cm³/mol. The van der Waals surface area contributed by atoms with E-state index in [2.05, 4.69) is 17.1 Å². The highest BCUT2D eigenvalue weighted by Crippen LogP contribution is 2.51. The molecule has 1 aromatic heterocycles. The van der Waals surface area contributed by atoms with Crippen LogP contribution in [0.5, 0.6) is 0 Å². The first-order chi connectivity index (χ1) is 15.4. The quantitative estimate of drug-likeness (QED) is 0.608. The number of rotatable bonds is 4. The smallest absolute Gasteiger partial charge is 0.256 e. The summed E-state index contributed by atoms with van der Waals surface area (Å²) < 4.78 is 0. The van der Waals surface area contributed by atoms with E-state index in [1.54, 1.807) is 6.07 Å². The molecule has 2 aromatic carbocycles. The molecule has 0 spiro atoms. The van der Waals surface area contributed by atoms with Crippen LogP contribution in [-0.2, 0) is 23.2 Å². The molecule has 2 aliphatic rings. The first-order valence-electron chi connectivity index (χ1n) is 10.5. The standard InChI is InChI=1S/C24H21Cl2N3O3/c25-15-6-7-18(26)16(12-15)20(30)22(32)29-11-8-19-17(13-29)21(31)28-23(27-19)24(9-10-24)14-4-2-1-3-5-14/h1-7,12,20,30H,8-11,13H2,(H,27,28,31). The highest BCUT2D eigenvalue weighted by atomic mass is 35.5. The highest BCUT2D eigenvalue weighted by Gasteiger charge is 2.48. The molecule has 1 aliphatic carbocycles. The highest BCUT2D eigenvalue weighted by molar-refractivity contribution is 6.33. The van der Waals surface area contributed by atoms with Crippen molar-refractivity contribution < 1.29 is 9.90 Å². The predicted octanol–water partition coefficient (Wildman–Crippen LogP) is 3.77. The lowest BCUT2D eigenvalue weighted by Gasteiger charge is -2.30. The minimum Gasteiger partial charge on any atom is -0.378 e. The van der Waals surface area contributed by atoms with Crippen molar-refractivity contribution in [2.45, 2.75) is 37.3 Å². The summed E-state index contributed by atoms with van der Waals surface area (Å²) in [5.41, 5.74) is 2.10. The van der Waals surface area contributed by atoms with Crippen molar-refractivity contribution in [1.82, 2.24) is 14.9 Å².